The number of fused-ring (bicyclic) bond motifs is 1. The predicted molar refractivity (Wildman–Crippen MR) is 85.8 cm³/mol. The van der Waals surface area contributed by atoms with Gasteiger partial charge in [-0.1, -0.05) is 12.1 Å². The van der Waals surface area contributed by atoms with Gasteiger partial charge in [-0.3, -0.25) is 4.68 Å². The molecule has 4 nitrogen and oxygen atoms in total. The zero-order valence-corrected chi connectivity index (χ0v) is 13.1. The molecule has 0 bridgehead atoms. The normalized spacial score (nSPS) is 11.4. The maximum Gasteiger partial charge on any atom is 0.111 e. The summed E-state index contributed by atoms with van der Waals surface area (Å²) in [7, 11) is 1.94. The van der Waals surface area contributed by atoms with E-state index in [0.717, 1.165) is 30.7 Å². The van der Waals surface area contributed by atoms with E-state index in [1.807, 2.05) is 17.9 Å². The quantitative estimate of drug-likeness (QED) is 0.679. The first kappa shape index (κ1) is 14.1. The molecule has 0 spiro atoms. The van der Waals surface area contributed by atoms with E-state index in [-0.39, 0.29) is 0 Å². The van der Waals surface area contributed by atoms with Gasteiger partial charge in [0.25, 0.3) is 0 Å². The third kappa shape index (κ3) is 2.81. The number of aryl methyl sites for hydroxylation is 5. The molecule has 0 N–H and O–H groups in total. The first-order chi connectivity index (χ1) is 10.2. The SMILES string of the molecule is Cc1cccc2nc(CCCl)n(CCc3cnn(C)c3)c12. The maximum atomic E-state index is 5.93. The van der Waals surface area contributed by atoms with Gasteiger partial charge in [0.05, 0.1) is 17.2 Å². The second kappa shape index (κ2) is 5.90. The van der Waals surface area contributed by atoms with Gasteiger partial charge in [-0.15, -0.1) is 11.6 Å². The molecule has 0 fully saturated rings. The molecule has 0 radical (unpaired) electrons. The minimum atomic E-state index is 0.593. The third-order valence-electron chi connectivity index (χ3n) is 3.75. The summed E-state index contributed by atoms with van der Waals surface area (Å²) >= 11 is 5.93. The lowest BCUT2D eigenvalue weighted by Gasteiger charge is -2.09. The summed E-state index contributed by atoms with van der Waals surface area (Å²) in [5.74, 6) is 1.66. The Hall–Kier alpha value is -1.81. The summed E-state index contributed by atoms with van der Waals surface area (Å²) in [6.45, 7) is 3.04. The predicted octanol–water partition coefficient (Wildman–Crippen LogP) is 3.10. The summed E-state index contributed by atoms with van der Waals surface area (Å²) in [5, 5.41) is 4.23. The van der Waals surface area contributed by atoms with Crippen LogP contribution in [0, 0.1) is 6.92 Å². The van der Waals surface area contributed by atoms with Crippen LogP contribution >= 0.6 is 11.6 Å². The van der Waals surface area contributed by atoms with Crippen LogP contribution in [0.25, 0.3) is 11.0 Å². The molecule has 110 valence electrons. The molecule has 5 heteroatoms. The molecule has 3 rings (SSSR count). The minimum Gasteiger partial charge on any atom is -0.327 e. The minimum absolute atomic E-state index is 0.593. The molecule has 21 heavy (non-hydrogen) atoms. The lowest BCUT2D eigenvalue weighted by molar-refractivity contribution is 0.673. The van der Waals surface area contributed by atoms with E-state index in [9.17, 15) is 0 Å². The van der Waals surface area contributed by atoms with Gasteiger partial charge in [0.2, 0.25) is 0 Å². The summed E-state index contributed by atoms with van der Waals surface area (Å²) in [6, 6.07) is 6.26. The van der Waals surface area contributed by atoms with Gasteiger partial charge in [0.15, 0.2) is 0 Å². The van der Waals surface area contributed by atoms with Crippen molar-refractivity contribution in [3.8, 4) is 0 Å². The number of halogens is 1. The molecule has 2 heterocycles. The highest BCUT2D eigenvalue weighted by Crippen LogP contribution is 2.21. The Balaban J connectivity index is 1.96. The van der Waals surface area contributed by atoms with Crippen molar-refractivity contribution < 1.29 is 0 Å². The molecular weight excluding hydrogens is 284 g/mol. The molecule has 0 atom stereocenters. The fraction of sp³-hybridized carbons (Fsp3) is 0.375. The number of hydrogen-bond acceptors (Lipinski definition) is 2. The molecule has 0 aliphatic rings. The summed E-state index contributed by atoms with van der Waals surface area (Å²) in [4.78, 5) is 4.74. The number of nitrogens with zero attached hydrogens (tertiary/aromatic N) is 4. The highest BCUT2D eigenvalue weighted by molar-refractivity contribution is 6.17. The van der Waals surface area contributed by atoms with Crippen molar-refractivity contribution in [3.63, 3.8) is 0 Å². The Labute approximate surface area is 129 Å². The molecule has 0 aliphatic carbocycles. The zero-order chi connectivity index (χ0) is 14.8. The average molecular weight is 303 g/mol. The number of benzene rings is 1. The monoisotopic (exact) mass is 302 g/mol. The number of imidazole rings is 1. The molecule has 0 saturated heterocycles. The Morgan fingerprint density at radius 2 is 2.10 bits per heavy atom. The van der Waals surface area contributed by atoms with Gasteiger partial charge >= 0.3 is 0 Å². The molecule has 2 aromatic heterocycles. The van der Waals surface area contributed by atoms with Crippen molar-refractivity contribution in [1.82, 2.24) is 19.3 Å². The van der Waals surface area contributed by atoms with Crippen molar-refractivity contribution >= 4 is 22.6 Å². The van der Waals surface area contributed by atoms with Crippen LogP contribution in [-0.4, -0.2) is 25.2 Å². The van der Waals surface area contributed by atoms with Crippen LogP contribution < -0.4 is 0 Å². The lowest BCUT2D eigenvalue weighted by atomic mass is 10.2. The van der Waals surface area contributed by atoms with E-state index in [1.165, 1.54) is 16.6 Å². The smallest absolute Gasteiger partial charge is 0.111 e. The van der Waals surface area contributed by atoms with Gasteiger partial charge in [-0.2, -0.15) is 5.10 Å². The fourth-order valence-corrected chi connectivity index (χ4v) is 2.94. The maximum absolute atomic E-state index is 5.93. The van der Waals surface area contributed by atoms with E-state index < -0.39 is 0 Å². The Bertz CT molecular complexity index is 757. The zero-order valence-electron chi connectivity index (χ0n) is 12.4. The van der Waals surface area contributed by atoms with Gasteiger partial charge in [-0.05, 0) is 30.5 Å². The summed E-state index contributed by atoms with van der Waals surface area (Å²) < 4.78 is 4.15. The van der Waals surface area contributed by atoms with Gasteiger partial charge < -0.3 is 4.57 Å². The first-order valence-electron chi connectivity index (χ1n) is 7.17. The van der Waals surface area contributed by atoms with Gasteiger partial charge in [0.1, 0.15) is 5.82 Å². The number of para-hydroxylation sites is 1. The standard InChI is InChI=1S/C16H19ClN4/c1-12-4-3-5-14-16(12)21(15(19-14)6-8-17)9-7-13-10-18-20(2)11-13/h3-5,10-11H,6-9H2,1-2H3. The molecular formula is C16H19ClN4. The van der Waals surface area contributed by atoms with E-state index in [0.29, 0.717) is 5.88 Å². The van der Waals surface area contributed by atoms with Crippen LogP contribution in [-0.2, 0) is 26.4 Å². The van der Waals surface area contributed by atoms with Gasteiger partial charge in [-0.25, -0.2) is 4.98 Å². The van der Waals surface area contributed by atoms with Crippen molar-refractivity contribution in [2.75, 3.05) is 5.88 Å². The van der Waals surface area contributed by atoms with E-state index >= 15 is 0 Å². The van der Waals surface area contributed by atoms with E-state index in [4.69, 9.17) is 16.6 Å². The third-order valence-corrected chi connectivity index (χ3v) is 3.94. The van der Waals surface area contributed by atoms with Crippen molar-refractivity contribution in [1.29, 1.82) is 0 Å². The molecule has 0 saturated carbocycles. The van der Waals surface area contributed by atoms with Gasteiger partial charge in [0, 0.05) is 32.1 Å². The van der Waals surface area contributed by atoms with Crippen LogP contribution in [0.1, 0.15) is 17.0 Å². The van der Waals surface area contributed by atoms with E-state index in [2.05, 4.69) is 41.0 Å². The number of hydrogen-bond donors (Lipinski definition) is 0. The average Bonchev–Trinajstić information content (AvgIpc) is 3.01. The molecule has 1 aromatic carbocycles. The number of rotatable bonds is 5. The van der Waals surface area contributed by atoms with Crippen LogP contribution in [0.15, 0.2) is 30.6 Å². The first-order valence-corrected chi connectivity index (χ1v) is 7.70. The Morgan fingerprint density at radius 1 is 1.24 bits per heavy atom. The lowest BCUT2D eigenvalue weighted by Crippen LogP contribution is -2.07. The fourth-order valence-electron chi connectivity index (χ4n) is 2.77. The topological polar surface area (TPSA) is 35.6 Å². The molecule has 0 unspecified atom stereocenters. The summed E-state index contributed by atoms with van der Waals surface area (Å²) in [6.07, 6.45) is 5.73. The van der Waals surface area contributed by atoms with Crippen molar-refractivity contribution in [2.24, 2.45) is 7.05 Å². The highest BCUT2D eigenvalue weighted by Gasteiger charge is 2.12. The Kier molecular flexibility index (Phi) is 3.97. The number of alkyl halides is 1. The van der Waals surface area contributed by atoms with Crippen molar-refractivity contribution in [2.45, 2.75) is 26.3 Å². The second-order valence-corrected chi connectivity index (χ2v) is 5.71. The van der Waals surface area contributed by atoms with Crippen LogP contribution in [0.3, 0.4) is 0 Å². The Morgan fingerprint density at radius 3 is 2.81 bits per heavy atom. The van der Waals surface area contributed by atoms with Crippen LogP contribution in [0.2, 0.25) is 0 Å². The number of aromatic nitrogens is 4. The molecule has 0 amide bonds. The highest BCUT2D eigenvalue weighted by atomic mass is 35.5. The summed E-state index contributed by atoms with van der Waals surface area (Å²) in [5.41, 5.74) is 4.78. The van der Waals surface area contributed by atoms with Crippen LogP contribution in [0.5, 0.6) is 0 Å². The second-order valence-electron chi connectivity index (χ2n) is 5.33. The molecule has 3 aromatic rings. The van der Waals surface area contributed by atoms with E-state index in [1.54, 1.807) is 0 Å². The largest absolute Gasteiger partial charge is 0.327 e. The molecule has 0 aliphatic heterocycles. The van der Waals surface area contributed by atoms with Crippen molar-refractivity contribution in [3.05, 3.63) is 47.5 Å². The van der Waals surface area contributed by atoms with Crippen LogP contribution in [0.4, 0.5) is 0 Å².